The van der Waals surface area contributed by atoms with Gasteiger partial charge < -0.3 is 9.64 Å². The first-order valence-corrected chi connectivity index (χ1v) is 7.61. The van der Waals surface area contributed by atoms with Crippen molar-refractivity contribution in [3.05, 3.63) is 48.3 Å². The van der Waals surface area contributed by atoms with Crippen molar-refractivity contribution in [3.8, 4) is 5.75 Å². The van der Waals surface area contributed by atoms with Crippen molar-refractivity contribution >= 4 is 5.91 Å². The molecule has 1 aromatic heterocycles. The Balaban J connectivity index is 1.73. The summed E-state index contributed by atoms with van der Waals surface area (Å²) in [6.45, 7) is 2.54. The minimum Gasteiger partial charge on any atom is -0.497 e. The van der Waals surface area contributed by atoms with E-state index in [-0.39, 0.29) is 11.9 Å². The van der Waals surface area contributed by atoms with Crippen LogP contribution in [0, 0.1) is 0 Å². The lowest BCUT2D eigenvalue weighted by molar-refractivity contribution is -0.135. The molecule has 5 heteroatoms. The molecule has 116 valence electrons. The quantitative estimate of drug-likeness (QED) is 0.824. The molecule has 1 aromatic carbocycles. The molecule has 0 spiro atoms. The maximum Gasteiger partial charge on any atom is 0.247 e. The van der Waals surface area contributed by atoms with Crippen LogP contribution in [-0.2, 0) is 11.3 Å². The van der Waals surface area contributed by atoms with Gasteiger partial charge in [0, 0.05) is 25.0 Å². The lowest BCUT2D eigenvalue weighted by Crippen LogP contribution is -2.37. The van der Waals surface area contributed by atoms with Crippen LogP contribution in [0.3, 0.4) is 0 Å². The van der Waals surface area contributed by atoms with Crippen LogP contribution in [0.15, 0.2) is 42.7 Å². The normalized spacial score (nSPS) is 15.4. The number of nitrogens with zero attached hydrogens (tertiary/aromatic N) is 3. The van der Waals surface area contributed by atoms with Gasteiger partial charge in [-0.2, -0.15) is 5.10 Å². The SMILES string of the molecule is COc1ccc(CN(C(=O)C(C)n2cccn2)C2CC2)cc1. The summed E-state index contributed by atoms with van der Waals surface area (Å²) in [5, 5.41) is 4.18. The van der Waals surface area contributed by atoms with Crippen molar-refractivity contribution in [1.29, 1.82) is 0 Å². The number of hydrogen-bond acceptors (Lipinski definition) is 3. The van der Waals surface area contributed by atoms with Gasteiger partial charge in [-0.05, 0) is 43.5 Å². The first kappa shape index (κ1) is 14.6. The molecule has 1 heterocycles. The van der Waals surface area contributed by atoms with E-state index in [9.17, 15) is 4.79 Å². The van der Waals surface area contributed by atoms with Gasteiger partial charge in [-0.3, -0.25) is 9.48 Å². The Morgan fingerprint density at radius 2 is 2.14 bits per heavy atom. The predicted molar refractivity (Wildman–Crippen MR) is 83.5 cm³/mol. The van der Waals surface area contributed by atoms with E-state index in [2.05, 4.69) is 5.10 Å². The summed E-state index contributed by atoms with van der Waals surface area (Å²) in [6.07, 6.45) is 5.72. The number of methoxy groups -OCH3 is 1. The van der Waals surface area contributed by atoms with Crippen LogP contribution in [0.25, 0.3) is 0 Å². The molecule has 0 N–H and O–H groups in total. The highest BCUT2D eigenvalue weighted by atomic mass is 16.5. The van der Waals surface area contributed by atoms with E-state index in [4.69, 9.17) is 4.74 Å². The predicted octanol–water partition coefficient (Wildman–Crippen LogP) is 2.64. The summed E-state index contributed by atoms with van der Waals surface area (Å²) in [5.41, 5.74) is 1.12. The molecule has 1 unspecified atom stereocenters. The number of aromatic nitrogens is 2. The summed E-state index contributed by atoms with van der Waals surface area (Å²) in [5.74, 6) is 0.958. The highest BCUT2D eigenvalue weighted by Gasteiger charge is 2.35. The Labute approximate surface area is 130 Å². The van der Waals surface area contributed by atoms with Gasteiger partial charge in [0.15, 0.2) is 0 Å². The lowest BCUT2D eigenvalue weighted by Gasteiger charge is -2.26. The zero-order valence-electron chi connectivity index (χ0n) is 13.0. The van der Waals surface area contributed by atoms with E-state index in [1.807, 2.05) is 48.4 Å². The zero-order chi connectivity index (χ0) is 15.5. The van der Waals surface area contributed by atoms with Crippen LogP contribution in [0.2, 0.25) is 0 Å². The van der Waals surface area contributed by atoms with Crippen LogP contribution in [0.5, 0.6) is 5.75 Å². The lowest BCUT2D eigenvalue weighted by atomic mass is 10.2. The fourth-order valence-electron chi connectivity index (χ4n) is 2.56. The Bertz CT molecular complexity index is 618. The van der Waals surface area contributed by atoms with Gasteiger partial charge in [-0.1, -0.05) is 12.1 Å². The van der Waals surface area contributed by atoms with Gasteiger partial charge >= 0.3 is 0 Å². The van der Waals surface area contributed by atoms with Crippen molar-refractivity contribution in [3.63, 3.8) is 0 Å². The van der Waals surface area contributed by atoms with Gasteiger partial charge in [0.25, 0.3) is 0 Å². The second-order valence-electron chi connectivity index (χ2n) is 5.71. The highest BCUT2D eigenvalue weighted by Crippen LogP contribution is 2.30. The van der Waals surface area contributed by atoms with Gasteiger partial charge in [0.2, 0.25) is 5.91 Å². The second-order valence-corrected chi connectivity index (χ2v) is 5.71. The molecule has 1 amide bonds. The Morgan fingerprint density at radius 3 is 2.68 bits per heavy atom. The fourth-order valence-corrected chi connectivity index (χ4v) is 2.56. The highest BCUT2D eigenvalue weighted by molar-refractivity contribution is 5.80. The van der Waals surface area contributed by atoms with E-state index in [1.165, 1.54) is 0 Å². The van der Waals surface area contributed by atoms with Gasteiger partial charge in [0.05, 0.1) is 7.11 Å². The van der Waals surface area contributed by atoms with E-state index in [1.54, 1.807) is 18.0 Å². The number of carbonyl (C=O) groups is 1. The van der Waals surface area contributed by atoms with Crippen LogP contribution < -0.4 is 4.74 Å². The first-order valence-electron chi connectivity index (χ1n) is 7.61. The number of ether oxygens (including phenoxy) is 1. The van der Waals surface area contributed by atoms with Crippen LogP contribution >= 0.6 is 0 Å². The topological polar surface area (TPSA) is 47.4 Å². The molecule has 0 saturated heterocycles. The Kier molecular flexibility index (Phi) is 4.13. The number of benzene rings is 1. The zero-order valence-corrected chi connectivity index (χ0v) is 13.0. The smallest absolute Gasteiger partial charge is 0.247 e. The van der Waals surface area contributed by atoms with E-state index < -0.39 is 0 Å². The van der Waals surface area contributed by atoms with Crippen LogP contribution in [0.4, 0.5) is 0 Å². The molecule has 1 fully saturated rings. The minimum atomic E-state index is -0.270. The maximum atomic E-state index is 12.8. The van der Waals surface area contributed by atoms with Crippen molar-refractivity contribution in [2.45, 2.75) is 38.4 Å². The summed E-state index contributed by atoms with van der Waals surface area (Å²) < 4.78 is 6.89. The monoisotopic (exact) mass is 299 g/mol. The molecule has 1 aliphatic carbocycles. The average Bonchev–Trinajstić information content (AvgIpc) is 3.25. The summed E-state index contributed by atoms with van der Waals surface area (Å²) in [6, 6.07) is 9.83. The molecule has 3 rings (SSSR count). The van der Waals surface area contributed by atoms with Crippen molar-refractivity contribution in [1.82, 2.24) is 14.7 Å². The summed E-state index contributed by atoms with van der Waals surface area (Å²) in [4.78, 5) is 14.8. The molecule has 0 radical (unpaired) electrons. The molecule has 1 atom stereocenters. The Hall–Kier alpha value is -2.30. The van der Waals surface area contributed by atoms with E-state index in [0.29, 0.717) is 12.6 Å². The molecular weight excluding hydrogens is 278 g/mol. The Morgan fingerprint density at radius 1 is 1.41 bits per heavy atom. The molecule has 22 heavy (non-hydrogen) atoms. The van der Waals surface area contributed by atoms with Crippen molar-refractivity contribution < 1.29 is 9.53 Å². The second kappa shape index (κ2) is 6.22. The van der Waals surface area contributed by atoms with Crippen molar-refractivity contribution in [2.24, 2.45) is 0 Å². The molecule has 2 aromatic rings. The number of amides is 1. The molecular formula is C17H21N3O2. The standard InChI is InChI=1S/C17H21N3O2/c1-13(20-11-3-10-18-20)17(21)19(15-6-7-15)12-14-4-8-16(22-2)9-5-14/h3-5,8-11,13,15H,6-7,12H2,1-2H3. The fraction of sp³-hybridized carbons (Fsp3) is 0.412. The van der Waals surface area contributed by atoms with Gasteiger partial charge in [-0.15, -0.1) is 0 Å². The van der Waals surface area contributed by atoms with Crippen LogP contribution in [0.1, 0.15) is 31.4 Å². The largest absolute Gasteiger partial charge is 0.497 e. The van der Waals surface area contributed by atoms with Gasteiger partial charge in [-0.25, -0.2) is 0 Å². The molecule has 5 nitrogen and oxygen atoms in total. The summed E-state index contributed by atoms with van der Waals surface area (Å²) in [7, 11) is 1.65. The molecule has 0 bridgehead atoms. The first-order chi connectivity index (χ1) is 10.7. The third-order valence-corrected chi connectivity index (χ3v) is 4.06. The van der Waals surface area contributed by atoms with Gasteiger partial charge in [0.1, 0.15) is 11.8 Å². The molecule has 1 aliphatic rings. The maximum absolute atomic E-state index is 12.8. The third-order valence-electron chi connectivity index (χ3n) is 4.06. The number of rotatable bonds is 6. The molecule has 1 saturated carbocycles. The third kappa shape index (κ3) is 3.13. The van der Waals surface area contributed by atoms with Crippen molar-refractivity contribution in [2.75, 3.05) is 7.11 Å². The number of carbonyl (C=O) groups excluding carboxylic acids is 1. The minimum absolute atomic E-state index is 0.127. The van der Waals surface area contributed by atoms with Crippen LogP contribution in [-0.4, -0.2) is 33.7 Å². The van der Waals surface area contributed by atoms with E-state index in [0.717, 1.165) is 24.2 Å². The van der Waals surface area contributed by atoms with E-state index >= 15 is 0 Å². The summed E-state index contributed by atoms with van der Waals surface area (Å²) >= 11 is 0. The molecule has 0 aliphatic heterocycles. The average molecular weight is 299 g/mol. The number of hydrogen-bond donors (Lipinski definition) is 0.